The molecule has 0 aliphatic heterocycles. The van der Waals surface area contributed by atoms with Crippen LogP contribution in [0.1, 0.15) is 78.5 Å². The van der Waals surface area contributed by atoms with Gasteiger partial charge in [0, 0.05) is 49.2 Å². The molecule has 0 aliphatic carbocycles. The fourth-order valence-electron chi connectivity index (χ4n) is 7.08. The molecule has 0 fully saturated rings. The summed E-state index contributed by atoms with van der Waals surface area (Å²) in [6.45, 7) is 10.6. The lowest BCUT2D eigenvalue weighted by molar-refractivity contribution is -0.142. The first-order valence-corrected chi connectivity index (χ1v) is 22.6. The molecule has 0 unspecified atom stereocenters. The van der Waals surface area contributed by atoms with Gasteiger partial charge in [0.15, 0.2) is 11.9 Å². The SMILES string of the molecule is CC(C)[C@H](N)C(=O)N[C@@H](Cc1c[nH]cn1)C(=O)N[C@H](C(=O)N[C@H](C(=O)N[C@@H](Cc1c[nH]c2ccccc12)C(=O)N[C@@H](CCCNC(=N)N)C(=O)N[C@@H](CCCNC(=N)N)C(=O)O)C(C)C)C(C)C. The van der Waals surface area contributed by atoms with E-state index in [1.54, 1.807) is 60.0 Å². The molecule has 3 rings (SSSR count). The Kier molecular flexibility index (Phi) is 21.7. The lowest BCUT2D eigenvalue weighted by Crippen LogP contribution is -2.62. The van der Waals surface area contributed by atoms with Crippen molar-refractivity contribution in [1.29, 1.82) is 10.8 Å². The van der Waals surface area contributed by atoms with Crippen LogP contribution in [0.15, 0.2) is 43.0 Å². The van der Waals surface area contributed by atoms with Crippen molar-refractivity contribution in [2.45, 2.75) is 122 Å². The van der Waals surface area contributed by atoms with E-state index in [9.17, 15) is 38.7 Å². The maximum atomic E-state index is 14.4. The van der Waals surface area contributed by atoms with Crippen LogP contribution in [0.25, 0.3) is 10.9 Å². The summed E-state index contributed by atoms with van der Waals surface area (Å²) in [4.78, 5) is 106. The summed E-state index contributed by atoms with van der Waals surface area (Å²) in [5.41, 5.74) is 18.7. The van der Waals surface area contributed by atoms with Crippen molar-refractivity contribution < 1.29 is 38.7 Å². The van der Waals surface area contributed by atoms with Crippen LogP contribution in [0, 0.1) is 28.6 Å². The molecule has 1 aromatic carbocycles. The van der Waals surface area contributed by atoms with Crippen LogP contribution < -0.4 is 59.7 Å². The zero-order valence-corrected chi connectivity index (χ0v) is 39.5. The maximum Gasteiger partial charge on any atom is 0.326 e. The summed E-state index contributed by atoms with van der Waals surface area (Å²) < 4.78 is 0. The minimum Gasteiger partial charge on any atom is -0.480 e. The Labute approximate surface area is 395 Å². The number of para-hydroxylation sites is 1. The van der Waals surface area contributed by atoms with Crippen LogP contribution in [0.5, 0.6) is 0 Å². The van der Waals surface area contributed by atoms with E-state index in [2.05, 4.69) is 57.5 Å². The number of carbonyl (C=O) groups is 7. The fraction of sp³-hybridized carbons (Fsp3) is 0.545. The van der Waals surface area contributed by atoms with Gasteiger partial charge in [-0.3, -0.25) is 39.6 Å². The molecule has 6 amide bonds. The normalized spacial score (nSPS) is 14.4. The highest BCUT2D eigenvalue weighted by Gasteiger charge is 2.36. The number of carboxylic acid groups (broad SMARTS) is 1. The maximum absolute atomic E-state index is 14.4. The number of amides is 6. The van der Waals surface area contributed by atoms with Crippen molar-refractivity contribution in [2.24, 2.45) is 35.0 Å². The fourth-order valence-corrected chi connectivity index (χ4v) is 7.08. The van der Waals surface area contributed by atoms with Gasteiger partial charge in [0.1, 0.15) is 36.3 Å². The Morgan fingerprint density at radius 2 is 1.12 bits per heavy atom. The number of nitrogens with two attached hydrogens (primary N) is 3. The summed E-state index contributed by atoms with van der Waals surface area (Å²) in [7, 11) is 0. The van der Waals surface area contributed by atoms with Crippen molar-refractivity contribution in [3.05, 3.63) is 54.2 Å². The Balaban J connectivity index is 1.91. The van der Waals surface area contributed by atoms with Gasteiger partial charge < -0.3 is 74.8 Å². The van der Waals surface area contributed by atoms with E-state index in [1.807, 2.05) is 18.2 Å². The second-order valence-corrected chi connectivity index (χ2v) is 17.6. The molecule has 24 nitrogen and oxygen atoms in total. The van der Waals surface area contributed by atoms with Crippen molar-refractivity contribution in [3.8, 4) is 0 Å². The smallest absolute Gasteiger partial charge is 0.326 e. The van der Waals surface area contributed by atoms with Gasteiger partial charge in [0.2, 0.25) is 35.4 Å². The lowest BCUT2D eigenvalue weighted by Gasteiger charge is -2.30. The highest BCUT2D eigenvalue weighted by molar-refractivity contribution is 5.97. The van der Waals surface area contributed by atoms with Gasteiger partial charge in [-0.25, -0.2) is 9.78 Å². The number of hydrogen-bond acceptors (Lipinski definition) is 11. The third-order valence-electron chi connectivity index (χ3n) is 11.1. The van der Waals surface area contributed by atoms with Crippen LogP contribution in [0.2, 0.25) is 0 Å². The molecule has 2 aromatic heterocycles. The number of rotatable bonds is 28. The molecule has 0 aliphatic rings. The molecular weight excluding hydrogens is 881 g/mol. The van der Waals surface area contributed by atoms with Gasteiger partial charge in [0.05, 0.1) is 18.1 Å². The number of imidazole rings is 1. The molecular formula is C44H70N16O8. The van der Waals surface area contributed by atoms with Crippen molar-refractivity contribution in [2.75, 3.05) is 13.1 Å². The van der Waals surface area contributed by atoms with Gasteiger partial charge >= 0.3 is 5.97 Å². The Hall–Kier alpha value is -7.24. The quantitative estimate of drug-likeness (QED) is 0.0224. The van der Waals surface area contributed by atoms with E-state index < -0.39 is 95.5 Å². The van der Waals surface area contributed by atoms with E-state index >= 15 is 0 Å². The molecule has 0 saturated carbocycles. The van der Waals surface area contributed by atoms with E-state index in [0.717, 1.165) is 10.9 Å². The van der Waals surface area contributed by atoms with E-state index in [0.29, 0.717) is 11.3 Å². The minimum absolute atomic E-state index is 0.0207. The Morgan fingerprint density at radius 1 is 0.632 bits per heavy atom. The third kappa shape index (κ3) is 17.5. The first kappa shape index (κ1) is 55.1. The standard InChI is InChI=1S/C44H70N16O8/c1-22(2)33(45)39(64)57-32(18-26-20-50-21-54-26)38(63)59-35(24(5)6)41(66)60-34(23(3)4)40(65)58-31(17-25-19-53-28-12-8-7-11-27(25)28)37(62)55-29(13-9-15-51-43(46)47)36(61)56-30(42(67)68)14-10-16-52-44(48)49/h7-8,11-12,19-24,29-35,53H,9-10,13-18,45H2,1-6H3,(H,50,54)(H,55,62)(H,56,61)(H,57,64)(H,58,65)(H,59,63)(H,60,66)(H,67,68)(H4,46,47,51)(H4,48,49,52)/t29-,30-,31-,32-,33-,34-,35-/m0/s1. The van der Waals surface area contributed by atoms with Crippen molar-refractivity contribution in [3.63, 3.8) is 0 Å². The lowest BCUT2D eigenvalue weighted by atomic mass is 9.98. The second kappa shape index (κ2) is 26.8. The molecule has 2 heterocycles. The molecule has 0 saturated heterocycles. The average Bonchev–Trinajstić information content (AvgIpc) is 3.95. The summed E-state index contributed by atoms with van der Waals surface area (Å²) >= 11 is 0. The summed E-state index contributed by atoms with van der Waals surface area (Å²) in [6.07, 6.45) is 4.93. The van der Waals surface area contributed by atoms with E-state index in [-0.39, 0.29) is 69.5 Å². The van der Waals surface area contributed by atoms with E-state index in [4.69, 9.17) is 28.0 Å². The molecule has 0 radical (unpaired) electrons. The summed E-state index contributed by atoms with van der Waals surface area (Å²) in [5, 5.41) is 46.8. The van der Waals surface area contributed by atoms with Gasteiger partial charge in [-0.05, 0) is 55.1 Å². The van der Waals surface area contributed by atoms with Crippen LogP contribution in [0.4, 0.5) is 0 Å². The number of benzene rings is 1. The molecule has 0 bridgehead atoms. The van der Waals surface area contributed by atoms with Crippen LogP contribution in [0.3, 0.4) is 0 Å². The van der Waals surface area contributed by atoms with E-state index in [1.165, 1.54) is 6.33 Å². The van der Waals surface area contributed by atoms with Gasteiger partial charge in [-0.2, -0.15) is 0 Å². The molecule has 68 heavy (non-hydrogen) atoms. The number of nitrogens with one attached hydrogen (secondary N) is 12. The number of aliphatic carboxylic acids is 1. The number of carbonyl (C=O) groups excluding carboxylic acids is 6. The zero-order chi connectivity index (χ0) is 50.7. The first-order chi connectivity index (χ1) is 32.1. The number of carboxylic acids is 1. The topological polar surface area (TPSA) is 406 Å². The number of fused-ring (bicyclic) bond motifs is 1. The van der Waals surface area contributed by atoms with Crippen LogP contribution in [-0.2, 0) is 46.4 Å². The Morgan fingerprint density at radius 3 is 1.66 bits per heavy atom. The average molecular weight is 951 g/mol. The third-order valence-corrected chi connectivity index (χ3v) is 11.1. The minimum atomic E-state index is -1.37. The Bertz CT molecular complexity index is 2190. The van der Waals surface area contributed by atoms with Crippen LogP contribution >= 0.6 is 0 Å². The number of aromatic nitrogens is 3. The monoisotopic (exact) mass is 951 g/mol. The highest BCUT2D eigenvalue weighted by atomic mass is 16.4. The molecule has 19 N–H and O–H groups in total. The molecule has 0 spiro atoms. The number of H-pyrrole nitrogens is 2. The molecule has 24 heteroatoms. The van der Waals surface area contributed by atoms with Gasteiger partial charge in [0.25, 0.3) is 0 Å². The van der Waals surface area contributed by atoms with Gasteiger partial charge in [-0.15, -0.1) is 0 Å². The van der Waals surface area contributed by atoms with Crippen molar-refractivity contribution >= 4 is 64.2 Å². The molecule has 374 valence electrons. The highest BCUT2D eigenvalue weighted by Crippen LogP contribution is 2.20. The number of nitrogens with zero attached hydrogens (tertiary/aromatic N) is 1. The predicted octanol–water partition coefficient (Wildman–Crippen LogP) is -1.51. The number of hydrogen-bond donors (Lipinski definition) is 16. The first-order valence-electron chi connectivity index (χ1n) is 22.6. The van der Waals surface area contributed by atoms with Gasteiger partial charge in [-0.1, -0.05) is 59.7 Å². The summed E-state index contributed by atoms with van der Waals surface area (Å²) in [5.74, 6) is -7.62. The second-order valence-electron chi connectivity index (χ2n) is 17.6. The molecule has 7 atom stereocenters. The predicted molar refractivity (Wildman–Crippen MR) is 254 cm³/mol. The number of guanidine groups is 2. The van der Waals surface area contributed by atoms with Crippen molar-refractivity contribution in [1.82, 2.24) is 57.5 Å². The summed E-state index contributed by atoms with van der Waals surface area (Å²) in [6, 6.07) is -1.30. The largest absolute Gasteiger partial charge is 0.480 e. The zero-order valence-electron chi connectivity index (χ0n) is 39.5. The number of aromatic amines is 2. The molecule has 3 aromatic rings. The van der Waals surface area contributed by atoms with Crippen LogP contribution in [-0.4, -0.2) is 129 Å².